The molecule has 1 aliphatic rings. The molecule has 0 aromatic heterocycles. The molecule has 4 heteroatoms. The summed E-state index contributed by atoms with van der Waals surface area (Å²) < 4.78 is 37.8. The minimum absolute atomic E-state index is 0.206. The van der Waals surface area contributed by atoms with E-state index in [2.05, 4.69) is 5.32 Å². The van der Waals surface area contributed by atoms with Crippen LogP contribution in [0.4, 0.5) is 13.2 Å². The van der Waals surface area contributed by atoms with Crippen LogP contribution in [-0.2, 0) is 6.18 Å². The Kier molecular flexibility index (Phi) is 3.66. The van der Waals surface area contributed by atoms with Gasteiger partial charge in [-0.3, -0.25) is 0 Å². The highest BCUT2D eigenvalue weighted by Crippen LogP contribution is 2.42. The van der Waals surface area contributed by atoms with Crippen LogP contribution in [0, 0.1) is 12.8 Å². The van der Waals surface area contributed by atoms with Crippen LogP contribution in [-0.4, -0.2) is 6.54 Å². The Bertz CT molecular complexity index is 422. The molecule has 1 aliphatic carbocycles. The molecule has 0 bridgehead atoms. The maximum absolute atomic E-state index is 12.6. The van der Waals surface area contributed by atoms with Crippen LogP contribution in [0.5, 0.6) is 0 Å². The van der Waals surface area contributed by atoms with Gasteiger partial charge in [-0.25, -0.2) is 0 Å². The predicted octanol–water partition coefficient (Wildman–Crippen LogP) is 4.07. The number of hydrogen-bond acceptors (Lipinski definition) is 1. The molecule has 0 saturated heterocycles. The van der Waals surface area contributed by atoms with Crippen LogP contribution >= 0.6 is 0 Å². The van der Waals surface area contributed by atoms with E-state index in [9.17, 15) is 13.2 Å². The van der Waals surface area contributed by atoms with Crippen LogP contribution < -0.4 is 5.32 Å². The van der Waals surface area contributed by atoms with Crippen LogP contribution in [0.15, 0.2) is 18.2 Å². The number of hydrogen-bond donors (Lipinski definition) is 1. The standard InChI is InChI=1S/C14H18F3N/c1-3-18-13(10-4-5-10)12-7-6-11(8-9(12)2)14(15,16)17/h6-8,10,13,18H,3-5H2,1-2H3. The minimum atomic E-state index is -4.25. The maximum atomic E-state index is 12.6. The number of rotatable bonds is 4. The number of alkyl halides is 3. The van der Waals surface area contributed by atoms with E-state index in [0.29, 0.717) is 5.92 Å². The van der Waals surface area contributed by atoms with Gasteiger partial charge in [-0.1, -0.05) is 13.0 Å². The fourth-order valence-corrected chi connectivity index (χ4v) is 2.38. The Morgan fingerprint density at radius 2 is 2.00 bits per heavy atom. The van der Waals surface area contributed by atoms with E-state index in [1.54, 1.807) is 13.0 Å². The molecule has 1 aromatic rings. The molecule has 1 fully saturated rings. The zero-order valence-electron chi connectivity index (χ0n) is 10.6. The van der Waals surface area contributed by atoms with E-state index in [4.69, 9.17) is 0 Å². The van der Waals surface area contributed by atoms with Gasteiger partial charge in [-0.2, -0.15) is 13.2 Å². The van der Waals surface area contributed by atoms with Crippen molar-refractivity contribution in [3.63, 3.8) is 0 Å². The van der Waals surface area contributed by atoms with Crippen molar-refractivity contribution in [2.45, 2.75) is 38.9 Å². The van der Waals surface area contributed by atoms with Crippen LogP contribution in [0.3, 0.4) is 0 Å². The van der Waals surface area contributed by atoms with Gasteiger partial charge in [0.1, 0.15) is 0 Å². The molecule has 1 atom stereocenters. The third-order valence-corrected chi connectivity index (χ3v) is 3.45. The number of nitrogens with one attached hydrogen (secondary N) is 1. The molecule has 18 heavy (non-hydrogen) atoms. The smallest absolute Gasteiger partial charge is 0.310 e. The van der Waals surface area contributed by atoms with Crippen LogP contribution in [0.2, 0.25) is 0 Å². The molecule has 1 nitrogen and oxygen atoms in total. The lowest BCUT2D eigenvalue weighted by Crippen LogP contribution is -2.23. The van der Waals surface area contributed by atoms with E-state index in [0.717, 1.165) is 30.5 Å². The SMILES string of the molecule is CCNC(c1ccc(C(F)(F)F)cc1C)C1CC1. The third kappa shape index (κ3) is 2.86. The highest BCUT2D eigenvalue weighted by Gasteiger charge is 2.34. The number of aryl methyl sites for hydroxylation is 1. The van der Waals surface area contributed by atoms with E-state index in [-0.39, 0.29) is 6.04 Å². The van der Waals surface area contributed by atoms with Gasteiger partial charge in [-0.15, -0.1) is 0 Å². The fourth-order valence-electron chi connectivity index (χ4n) is 2.38. The Hall–Kier alpha value is -1.03. The lowest BCUT2D eigenvalue weighted by molar-refractivity contribution is -0.137. The monoisotopic (exact) mass is 257 g/mol. The minimum Gasteiger partial charge on any atom is -0.310 e. The topological polar surface area (TPSA) is 12.0 Å². The van der Waals surface area contributed by atoms with Gasteiger partial charge in [0.25, 0.3) is 0 Å². The molecule has 0 aliphatic heterocycles. The summed E-state index contributed by atoms with van der Waals surface area (Å²) in [6, 6.07) is 4.28. The van der Waals surface area contributed by atoms with Crippen molar-refractivity contribution in [3.05, 3.63) is 34.9 Å². The summed E-state index contributed by atoms with van der Waals surface area (Å²) in [5.41, 5.74) is 1.17. The zero-order valence-corrected chi connectivity index (χ0v) is 10.6. The highest BCUT2D eigenvalue weighted by molar-refractivity contribution is 5.35. The Labute approximate surface area is 105 Å². The van der Waals surface area contributed by atoms with Gasteiger partial charge in [0, 0.05) is 6.04 Å². The van der Waals surface area contributed by atoms with E-state index in [1.165, 1.54) is 12.1 Å². The highest BCUT2D eigenvalue weighted by atomic mass is 19.4. The van der Waals surface area contributed by atoms with E-state index < -0.39 is 11.7 Å². The molecule has 1 N–H and O–H groups in total. The van der Waals surface area contributed by atoms with E-state index in [1.807, 2.05) is 6.92 Å². The molecule has 0 spiro atoms. The summed E-state index contributed by atoms with van der Waals surface area (Å²) in [6.07, 6.45) is -1.92. The molecule has 0 amide bonds. The second-order valence-electron chi connectivity index (χ2n) is 4.94. The third-order valence-electron chi connectivity index (χ3n) is 3.45. The summed E-state index contributed by atoms with van der Waals surface area (Å²) in [4.78, 5) is 0. The molecular weight excluding hydrogens is 239 g/mol. The molecule has 100 valence electrons. The Morgan fingerprint density at radius 3 is 2.44 bits per heavy atom. The van der Waals surface area contributed by atoms with Gasteiger partial charge >= 0.3 is 6.18 Å². The first kappa shape index (κ1) is 13.4. The predicted molar refractivity (Wildman–Crippen MR) is 65.3 cm³/mol. The van der Waals surface area contributed by atoms with Crippen molar-refractivity contribution in [1.82, 2.24) is 5.32 Å². The van der Waals surface area contributed by atoms with Gasteiger partial charge in [-0.05, 0) is 55.5 Å². The Morgan fingerprint density at radius 1 is 1.33 bits per heavy atom. The quantitative estimate of drug-likeness (QED) is 0.857. The average molecular weight is 257 g/mol. The lowest BCUT2D eigenvalue weighted by Gasteiger charge is -2.21. The van der Waals surface area contributed by atoms with Gasteiger partial charge in [0.15, 0.2) is 0 Å². The number of benzene rings is 1. The van der Waals surface area contributed by atoms with Crippen molar-refractivity contribution in [2.75, 3.05) is 6.54 Å². The lowest BCUT2D eigenvalue weighted by atomic mass is 9.95. The molecular formula is C14H18F3N. The van der Waals surface area contributed by atoms with Crippen molar-refractivity contribution in [3.8, 4) is 0 Å². The molecule has 1 saturated carbocycles. The first-order valence-electron chi connectivity index (χ1n) is 6.34. The van der Waals surface area contributed by atoms with Crippen molar-refractivity contribution < 1.29 is 13.2 Å². The first-order valence-corrected chi connectivity index (χ1v) is 6.34. The Balaban J connectivity index is 2.28. The van der Waals surface area contributed by atoms with Crippen LogP contribution in [0.1, 0.15) is 42.5 Å². The molecule has 1 aromatic carbocycles. The largest absolute Gasteiger partial charge is 0.416 e. The van der Waals surface area contributed by atoms with Crippen molar-refractivity contribution in [1.29, 1.82) is 0 Å². The van der Waals surface area contributed by atoms with Gasteiger partial charge in [0.2, 0.25) is 0 Å². The summed E-state index contributed by atoms with van der Waals surface area (Å²) in [6.45, 7) is 4.62. The first-order chi connectivity index (χ1) is 8.43. The summed E-state index contributed by atoms with van der Waals surface area (Å²) in [7, 11) is 0. The zero-order chi connectivity index (χ0) is 13.3. The molecule has 2 rings (SSSR count). The van der Waals surface area contributed by atoms with Gasteiger partial charge < -0.3 is 5.32 Å². The van der Waals surface area contributed by atoms with E-state index >= 15 is 0 Å². The molecule has 1 unspecified atom stereocenters. The molecule has 0 heterocycles. The second-order valence-corrected chi connectivity index (χ2v) is 4.94. The normalized spacial score (nSPS) is 17.8. The van der Waals surface area contributed by atoms with Crippen molar-refractivity contribution >= 4 is 0 Å². The molecule has 0 radical (unpaired) electrons. The summed E-state index contributed by atoms with van der Waals surface area (Å²) in [5, 5.41) is 3.38. The van der Waals surface area contributed by atoms with Crippen molar-refractivity contribution in [2.24, 2.45) is 5.92 Å². The van der Waals surface area contributed by atoms with Crippen LogP contribution in [0.25, 0.3) is 0 Å². The summed E-state index contributed by atoms with van der Waals surface area (Å²) >= 11 is 0. The maximum Gasteiger partial charge on any atom is 0.416 e. The summed E-state index contributed by atoms with van der Waals surface area (Å²) in [5.74, 6) is 0.584. The fraction of sp³-hybridized carbons (Fsp3) is 0.571. The number of halogens is 3. The average Bonchev–Trinajstić information content (AvgIpc) is 3.09. The van der Waals surface area contributed by atoms with Gasteiger partial charge in [0.05, 0.1) is 5.56 Å². The second kappa shape index (κ2) is 4.92.